The smallest absolute Gasteiger partial charge is 0.273 e. The summed E-state index contributed by atoms with van der Waals surface area (Å²) in [5, 5.41) is 0. The first-order chi connectivity index (χ1) is 11.4. The molecule has 8 heteroatoms. The summed E-state index contributed by atoms with van der Waals surface area (Å²) in [6.07, 6.45) is 1.53. The van der Waals surface area contributed by atoms with Crippen molar-refractivity contribution >= 4 is 15.9 Å². The Kier molecular flexibility index (Phi) is 4.23. The highest BCUT2D eigenvalue weighted by molar-refractivity contribution is 9.10. The van der Waals surface area contributed by atoms with Crippen LogP contribution in [0.15, 0.2) is 45.8 Å². The maximum atomic E-state index is 14.3. The molecule has 0 unspecified atom stereocenters. The summed E-state index contributed by atoms with van der Waals surface area (Å²) in [7, 11) is 2.85. The van der Waals surface area contributed by atoms with Crippen molar-refractivity contribution in [2.24, 2.45) is 7.05 Å². The lowest BCUT2D eigenvalue weighted by molar-refractivity contribution is 0.407. The van der Waals surface area contributed by atoms with E-state index in [4.69, 9.17) is 4.74 Å². The molecule has 0 N–H and O–H groups in total. The minimum Gasteiger partial charge on any atom is -0.497 e. The van der Waals surface area contributed by atoms with E-state index in [0.29, 0.717) is 5.82 Å². The molecule has 0 aliphatic carbocycles. The Morgan fingerprint density at radius 3 is 2.38 bits per heavy atom. The summed E-state index contributed by atoms with van der Waals surface area (Å²) in [6.45, 7) is 0. The van der Waals surface area contributed by atoms with E-state index in [0.717, 1.165) is 22.7 Å². The van der Waals surface area contributed by atoms with Crippen LogP contribution >= 0.6 is 15.9 Å². The number of hydrogen-bond donors (Lipinski definition) is 0. The SMILES string of the molecule is COc1cc(F)c(-c2cc(=O)n(-c3ccc(Br)cn3)n2C)c(F)c1. The molecule has 3 rings (SSSR count). The van der Waals surface area contributed by atoms with Crippen LogP contribution in [-0.2, 0) is 7.05 Å². The molecular weight excluding hydrogens is 384 g/mol. The normalized spacial score (nSPS) is 10.9. The Morgan fingerprint density at radius 1 is 1.17 bits per heavy atom. The zero-order valence-electron chi connectivity index (χ0n) is 12.8. The van der Waals surface area contributed by atoms with Gasteiger partial charge < -0.3 is 4.74 Å². The van der Waals surface area contributed by atoms with Gasteiger partial charge in [-0.1, -0.05) is 0 Å². The number of aromatic nitrogens is 3. The van der Waals surface area contributed by atoms with Gasteiger partial charge in [-0.2, -0.15) is 4.68 Å². The summed E-state index contributed by atoms with van der Waals surface area (Å²) >= 11 is 3.26. The minimum absolute atomic E-state index is 0.0627. The molecule has 1 aromatic carbocycles. The van der Waals surface area contributed by atoms with E-state index in [1.165, 1.54) is 29.7 Å². The van der Waals surface area contributed by atoms with Crippen LogP contribution in [0.25, 0.3) is 17.1 Å². The first kappa shape index (κ1) is 16.4. The largest absolute Gasteiger partial charge is 0.497 e. The van der Waals surface area contributed by atoms with Gasteiger partial charge in [0.15, 0.2) is 5.82 Å². The maximum Gasteiger partial charge on any atom is 0.273 e. The first-order valence-corrected chi connectivity index (χ1v) is 7.66. The van der Waals surface area contributed by atoms with Crippen LogP contribution in [0, 0.1) is 11.6 Å². The predicted octanol–water partition coefficient (Wildman–Crippen LogP) is 3.29. The van der Waals surface area contributed by atoms with E-state index >= 15 is 0 Å². The topological polar surface area (TPSA) is 49.1 Å². The summed E-state index contributed by atoms with van der Waals surface area (Å²) in [6, 6.07) is 6.64. The maximum absolute atomic E-state index is 14.3. The third-order valence-corrected chi connectivity index (χ3v) is 4.02. The van der Waals surface area contributed by atoms with Gasteiger partial charge in [-0.15, -0.1) is 0 Å². The number of nitrogens with zero attached hydrogens (tertiary/aromatic N) is 3. The van der Waals surface area contributed by atoms with Gasteiger partial charge >= 0.3 is 0 Å². The Bertz CT molecular complexity index is 941. The van der Waals surface area contributed by atoms with Crippen molar-refractivity contribution in [3.63, 3.8) is 0 Å². The van der Waals surface area contributed by atoms with E-state index < -0.39 is 17.2 Å². The molecule has 0 amide bonds. The highest BCUT2D eigenvalue weighted by Gasteiger charge is 2.20. The van der Waals surface area contributed by atoms with E-state index in [2.05, 4.69) is 20.9 Å². The number of benzene rings is 1. The molecule has 0 radical (unpaired) electrons. The molecule has 0 aliphatic rings. The van der Waals surface area contributed by atoms with Gasteiger partial charge in [0, 0.05) is 35.9 Å². The molecule has 0 spiro atoms. The fourth-order valence-electron chi connectivity index (χ4n) is 2.43. The van der Waals surface area contributed by atoms with Gasteiger partial charge in [-0.3, -0.25) is 9.48 Å². The van der Waals surface area contributed by atoms with Gasteiger partial charge in [0.2, 0.25) is 0 Å². The number of rotatable bonds is 3. The third-order valence-electron chi connectivity index (χ3n) is 3.55. The Hall–Kier alpha value is -2.48. The van der Waals surface area contributed by atoms with E-state index in [1.54, 1.807) is 12.1 Å². The molecule has 0 aliphatic heterocycles. The van der Waals surface area contributed by atoms with Gasteiger partial charge in [-0.05, 0) is 28.1 Å². The highest BCUT2D eigenvalue weighted by atomic mass is 79.9. The van der Waals surface area contributed by atoms with Crippen LogP contribution in [0.2, 0.25) is 0 Å². The highest BCUT2D eigenvalue weighted by Crippen LogP contribution is 2.29. The molecule has 0 bridgehead atoms. The lowest BCUT2D eigenvalue weighted by atomic mass is 10.1. The quantitative estimate of drug-likeness (QED) is 0.683. The van der Waals surface area contributed by atoms with Crippen molar-refractivity contribution < 1.29 is 13.5 Å². The van der Waals surface area contributed by atoms with Crippen molar-refractivity contribution in [2.75, 3.05) is 7.11 Å². The lowest BCUT2D eigenvalue weighted by Gasteiger charge is -2.11. The summed E-state index contributed by atoms with van der Waals surface area (Å²) in [4.78, 5) is 16.4. The van der Waals surface area contributed by atoms with Crippen LogP contribution in [0.4, 0.5) is 8.78 Å². The molecule has 24 heavy (non-hydrogen) atoms. The summed E-state index contributed by atoms with van der Waals surface area (Å²) in [5.74, 6) is -1.23. The molecule has 0 saturated heterocycles. The van der Waals surface area contributed by atoms with Crippen LogP contribution in [0.1, 0.15) is 0 Å². The van der Waals surface area contributed by atoms with Crippen LogP contribution in [0.3, 0.4) is 0 Å². The molecule has 2 heterocycles. The standard InChI is InChI=1S/C16H12BrF2N3O2/c1-21-13(16-11(18)5-10(24-2)6-12(16)19)7-15(23)22(21)14-4-3-9(17)8-20-14/h3-8H,1-2H3. The lowest BCUT2D eigenvalue weighted by Crippen LogP contribution is -2.20. The van der Waals surface area contributed by atoms with Crippen molar-refractivity contribution in [1.82, 2.24) is 14.3 Å². The average Bonchev–Trinajstić information content (AvgIpc) is 2.82. The van der Waals surface area contributed by atoms with E-state index in [1.807, 2.05) is 0 Å². The number of methoxy groups -OCH3 is 1. The zero-order chi connectivity index (χ0) is 17.4. The number of hydrogen-bond acceptors (Lipinski definition) is 3. The second-order valence-corrected chi connectivity index (χ2v) is 5.92. The fourth-order valence-corrected chi connectivity index (χ4v) is 2.67. The average molecular weight is 396 g/mol. The number of ether oxygens (including phenoxy) is 1. The molecule has 0 fully saturated rings. The van der Waals surface area contributed by atoms with Gasteiger partial charge in [-0.25, -0.2) is 13.8 Å². The predicted molar refractivity (Wildman–Crippen MR) is 88.4 cm³/mol. The van der Waals surface area contributed by atoms with Crippen LogP contribution < -0.4 is 10.3 Å². The molecule has 5 nitrogen and oxygen atoms in total. The molecule has 0 saturated carbocycles. The van der Waals surface area contributed by atoms with Crippen LogP contribution in [-0.4, -0.2) is 21.5 Å². The van der Waals surface area contributed by atoms with Crippen LogP contribution in [0.5, 0.6) is 5.75 Å². The molecule has 2 aromatic heterocycles. The first-order valence-electron chi connectivity index (χ1n) is 6.86. The molecule has 124 valence electrons. The third kappa shape index (κ3) is 2.73. The second kappa shape index (κ2) is 6.20. The zero-order valence-corrected chi connectivity index (χ0v) is 14.3. The fraction of sp³-hybridized carbons (Fsp3) is 0.125. The van der Waals surface area contributed by atoms with Gasteiger partial charge in [0.25, 0.3) is 5.56 Å². The van der Waals surface area contributed by atoms with Crippen molar-refractivity contribution in [3.05, 3.63) is 63.0 Å². The molecule has 0 atom stereocenters. The Labute approximate surface area is 144 Å². The molecular formula is C16H12BrF2N3O2. The van der Waals surface area contributed by atoms with E-state index in [9.17, 15) is 13.6 Å². The second-order valence-electron chi connectivity index (χ2n) is 5.00. The van der Waals surface area contributed by atoms with Crippen molar-refractivity contribution in [2.45, 2.75) is 0 Å². The van der Waals surface area contributed by atoms with Crippen molar-refractivity contribution in [1.29, 1.82) is 0 Å². The Balaban J connectivity index is 2.20. The minimum atomic E-state index is -0.816. The summed E-state index contributed by atoms with van der Waals surface area (Å²) in [5.41, 5.74) is -0.648. The monoisotopic (exact) mass is 395 g/mol. The van der Waals surface area contributed by atoms with Gasteiger partial charge in [0.05, 0.1) is 18.4 Å². The molecule has 3 aromatic rings. The summed E-state index contributed by atoms with van der Waals surface area (Å²) < 4.78 is 36.8. The number of halogens is 3. The van der Waals surface area contributed by atoms with E-state index in [-0.39, 0.29) is 17.0 Å². The number of pyridine rings is 1. The van der Waals surface area contributed by atoms with Crippen molar-refractivity contribution in [3.8, 4) is 22.8 Å². The van der Waals surface area contributed by atoms with Gasteiger partial charge in [0.1, 0.15) is 17.4 Å². The Morgan fingerprint density at radius 2 is 1.83 bits per heavy atom.